The molecule has 3 heterocycles. The molecule has 9 heteroatoms. The van der Waals surface area contributed by atoms with Gasteiger partial charge in [-0.2, -0.15) is 0 Å². The Kier molecular flexibility index (Phi) is 6.58. The van der Waals surface area contributed by atoms with Crippen LogP contribution in [0.5, 0.6) is 5.75 Å². The third-order valence-electron chi connectivity index (χ3n) is 7.11. The molecular formula is C31H25FN6O2. The van der Waals surface area contributed by atoms with Crippen LogP contribution in [0.1, 0.15) is 22.6 Å². The number of hydrogen-bond acceptors (Lipinski definition) is 4. The SMILES string of the molecule is [C-]#[N+]c1ccc(Cn2cncc2CC(=O)N2Cc3nc(-c4ccccc4OC)cn3Cc3c(F)cccc32)cc1. The molecule has 0 radical (unpaired) electrons. The lowest BCUT2D eigenvalue weighted by Gasteiger charge is -2.23. The second-order valence-corrected chi connectivity index (χ2v) is 9.56. The molecule has 0 aliphatic carbocycles. The summed E-state index contributed by atoms with van der Waals surface area (Å²) in [5, 5.41) is 0. The maximum absolute atomic E-state index is 15.1. The molecule has 6 rings (SSSR count). The van der Waals surface area contributed by atoms with Crippen LogP contribution >= 0.6 is 0 Å². The Morgan fingerprint density at radius 3 is 2.70 bits per heavy atom. The average Bonchev–Trinajstić information content (AvgIpc) is 3.55. The number of methoxy groups -OCH3 is 1. The Morgan fingerprint density at radius 1 is 1.07 bits per heavy atom. The van der Waals surface area contributed by atoms with Crippen molar-refractivity contribution in [3.05, 3.63) is 125 Å². The first-order valence-corrected chi connectivity index (χ1v) is 12.8. The molecule has 0 unspecified atom stereocenters. The van der Waals surface area contributed by atoms with Gasteiger partial charge in [0.25, 0.3) is 0 Å². The highest BCUT2D eigenvalue weighted by Gasteiger charge is 2.28. The third kappa shape index (κ3) is 4.71. The van der Waals surface area contributed by atoms with Crippen LogP contribution in [0.2, 0.25) is 0 Å². The van der Waals surface area contributed by atoms with Gasteiger partial charge in [-0.05, 0) is 29.8 Å². The van der Waals surface area contributed by atoms with Gasteiger partial charge < -0.3 is 18.8 Å². The standard InChI is InChI=1S/C31H25FN6O2/c1-33-22-12-10-21(11-13-22)16-37-20-34-15-23(37)14-31(39)38-19-30-35-27(24-6-3-4-9-29(24)40-2)18-36(30)17-25-26(32)7-5-8-28(25)38/h3-13,15,18,20H,14,16-17,19H2,2H3. The number of rotatable bonds is 6. The lowest BCUT2D eigenvalue weighted by atomic mass is 10.1. The Hall–Kier alpha value is -5.23. The van der Waals surface area contributed by atoms with Gasteiger partial charge in [0.2, 0.25) is 5.91 Å². The van der Waals surface area contributed by atoms with E-state index in [2.05, 4.69) is 9.83 Å². The number of anilines is 1. The van der Waals surface area contributed by atoms with Crippen molar-refractivity contribution < 1.29 is 13.9 Å². The lowest BCUT2D eigenvalue weighted by Crippen LogP contribution is -2.33. The van der Waals surface area contributed by atoms with E-state index in [9.17, 15) is 4.79 Å². The van der Waals surface area contributed by atoms with Crippen LogP contribution in [0.15, 0.2) is 85.5 Å². The number of hydrogen-bond donors (Lipinski definition) is 0. The predicted molar refractivity (Wildman–Crippen MR) is 149 cm³/mol. The van der Waals surface area contributed by atoms with Crippen molar-refractivity contribution in [3.8, 4) is 17.0 Å². The van der Waals surface area contributed by atoms with Gasteiger partial charge in [0.15, 0.2) is 5.69 Å². The number of ether oxygens (including phenoxy) is 1. The second-order valence-electron chi connectivity index (χ2n) is 9.56. The van der Waals surface area contributed by atoms with Crippen molar-refractivity contribution in [2.45, 2.75) is 26.1 Å². The fourth-order valence-electron chi connectivity index (χ4n) is 5.04. The average molecular weight is 533 g/mol. The summed E-state index contributed by atoms with van der Waals surface area (Å²) in [6.45, 7) is 8.10. The first-order chi connectivity index (χ1) is 19.5. The van der Waals surface area contributed by atoms with E-state index in [1.54, 1.807) is 48.8 Å². The molecular weight excluding hydrogens is 507 g/mol. The number of amides is 1. The quantitative estimate of drug-likeness (QED) is 0.266. The van der Waals surface area contributed by atoms with E-state index in [1.807, 2.05) is 51.7 Å². The van der Waals surface area contributed by atoms with E-state index < -0.39 is 0 Å². The number of aromatic nitrogens is 4. The van der Waals surface area contributed by atoms with Crippen molar-refractivity contribution in [3.63, 3.8) is 0 Å². The molecule has 0 saturated heterocycles. The van der Waals surface area contributed by atoms with Crippen LogP contribution in [0.3, 0.4) is 0 Å². The maximum Gasteiger partial charge on any atom is 0.233 e. The summed E-state index contributed by atoms with van der Waals surface area (Å²) in [5.74, 6) is 0.779. The zero-order valence-electron chi connectivity index (χ0n) is 21.8. The number of imidazole rings is 2. The van der Waals surface area contributed by atoms with Crippen LogP contribution in [0.25, 0.3) is 16.1 Å². The van der Waals surface area contributed by atoms with Crippen molar-refractivity contribution in [1.29, 1.82) is 0 Å². The zero-order chi connectivity index (χ0) is 27.6. The van der Waals surface area contributed by atoms with Crippen molar-refractivity contribution in [2.24, 2.45) is 0 Å². The molecule has 0 saturated carbocycles. The fourth-order valence-corrected chi connectivity index (χ4v) is 5.04. The molecule has 3 aromatic carbocycles. The monoisotopic (exact) mass is 532 g/mol. The summed E-state index contributed by atoms with van der Waals surface area (Å²) in [6.07, 6.45) is 5.33. The van der Waals surface area contributed by atoms with Crippen LogP contribution in [0, 0.1) is 12.4 Å². The van der Waals surface area contributed by atoms with Gasteiger partial charge in [-0.1, -0.05) is 42.5 Å². The van der Waals surface area contributed by atoms with Crippen molar-refractivity contribution in [1.82, 2.24) is 19.1 Å². The Labute approximate surface area is 230 Å². The molecule has 1 aliphatic rings. The van der Waals surface area contributed by atoms with E-state index in [4.69, 9.17) is 16.3 Å². The van der Waals surface area contributed by atoms with E-state index in [0.29, 0.717) is 40.8 Å². The molecule has 1 amide bonds. The Bertz CT molecular complexity index is 1750. The summed E-state index contributed by atoms with van der Waals surface area (Å²) in [4.78, 5) is 28.0. The lowest BCUT2D eigenvalue weighted by molar-refractivity contribution is -0.118. The first kappa shape index (κ1) is 25.1. The van der Waals surface area contributed by atoms with E-state index in [-0.39, 0.29) is 31.2 Å². The van der Waals surface area contributed by atoms with Crippen LogP contribution in [-0.4, -0.2) is 32.1 Å². The minimum absolute atomic E-state index is 0.0795. The number of para-hydroxylation sites is 1. The number of carbonyl (C=O) groups excluding carboxylic acids is 1. The zero-order valence-corrected chi connectivity index (χ0v) is 21.8. The minimum atomic E-state index is -0.372. The molecule has 8 nitrogen and oxygen atoms in total. The van der Waals surface area contributed by atoms with E-state index >= 15 is 4.39 Å². The van der Waals surface area contributed by atoms with Gasteiger partial charge in [0.05, 0.1) is 50.9 Å². The van der Waals surface area contributed by atoms with Gasteiger partial charge in [0.1, 0.15) is 17.4 Å². The van der Waals surface area contributed by atoms with Crippen LogP contribution in [-0.2, 0) is 30.8 Å². The van der Waals surface area contributed by atoms with Crippen molar-refractivity contribution >= 4 is 17.3 Å². The van der Waals surface area contributed by atoms with Crippen molar-refractivity contribution in [2.75, 3.05) is 12.0 Å². The van der Waals surface area contributed by atoms with Gasteiger partial charge in [0, 0.05) is 35.8 Å². The normalized spacial score (nSPS) is 12.3. The number of benzene rings is 3. The topological polar surface area (TPSA) is 69.5 Å². The Balaban J connectivity index is 1.31. The molecule has 1 aliphatic heterocycles. The fraction of sp³-hybridized carbons (Fsp3) is 0.161. The molecule has 5 aromatic rings. The smallest absolute Gasteiger partial charge is 0.233 e. The Morgan fingerprint density at radius 2 is 1.90 bits per heavy atom. The minimum Gasteiger partial charge on any atom is -0.496 e. The highest BCUT2D eigenvalue weighted by atomic mass is 19.1. The molecule has 0 spiro atoms. The molecule has 40 heavy (non-hydrogen) atoms. The summed E-state index contributed by atoms with van der Waals surface area (Å²) in [7, 11) is 1.61. The maximum atomic E-state index is 15.1. The summed E-state index contributed by atoms with van der Waals surface area (Å²) < 4.78 is 24.5. The first-order valence-electron chi connectivity index (χ1n) is 12.8. The van der Waals surface area contributed by atoms with Gasteiger partial charge in [-0.15, -0.1) is 0 Å². The van der Waals surface area contributed by atoms with Gasteiger partial charge in [-0.3, -0.25) is 4.79 Å². The van der Waals surface area contributed by atoms with E-state index in [1.165, 1.54) is 6.07 Å². The highest BCUT2D eigenvalue weighted by molar-refractivity contribution is 5.95. The molecule has 0 fully saturated rings. The number of fused-ring (bicyclic) bond motifs is 2. The van der Waals surface area contributed by atoms with E-state index in [0.717, 1.165) is 16.8 Å². The van der Waals surface area contributed by atoms with Crippen LogP contribution in [0.4, 0.5) is 15.8 Å². The molecule has 198 valence electrons. The number of nitrogens with zero attached hydrogens (tertiary/aromatic N) is 6. The summed E-state index contributed by atoms with van der Waals surface area (Å²) in [5.41, 5.74) is 4.80. The highest BCUT2D eigenvalue weighted by Crippen LogP contribution is 2.34. The second kappa shape index (κ2) is 10.5. The van der Waals surface area contributed by atoms with Crippen LogP contribution < -0.4 is 9.64 Å². The van der Waals surface area contributed by atoms with Gasteiger partial charge in [-0.25, -0.2) is 19.2 Å². The number of halogens is 1. The summed E-state index contributed by atoms with van der Waals surface area (Å²) in [6, 6.07) is 19.7. The number of carbonyl (C=O) groups is 1. The largest absolute Gasteiger partial charge is 0.496 e. The third-order valence-corrected chi connectivity index (χ3v) is 7.11. The molecule has 0 N–H and O–H groups in total. The van der Waals surface area contributed by atoms with Gasteiger partial charge >= 0.3 is 0 Å². The summed E-state index contributed by atoms with van der Waals surface area (Å²) >= 11 is 0. The molecule has 0 bridgehead atoms. The molecule has 0 atom stereocenters. The predicted octanol–water partition coefficient (Wildman–Crippen LogP) is 5.63. The molecule has 2 aromatic heterocycles.